The van der Waals surface area contributed by atoms with E-state index in [1.54, 1.807) is 23.1 Å². The topological polar surface area (TPSA) is 37.3 Å². The zero-order valence-electron chi connectivity index (χ0n) is 8.03. The van der Waals surface area contributed by atoms with Gasteiger partial charge < -0.3 is 5.11 Å². The van der Waals surface area contributed by atoms with Crippen molar-refractivity contribution in [3.63, 3.8) is 0 Å². The molecule has 0 aromatic carbocycles. The highest BCUT2D eigenvalue weighted by atomic mass is 79.9. The lowest BCUT2D eigenvalue weighted by atomic mass is 9.97. The molecular weight excluding hydrogens is 296 g/mol. The predicted molar refractivity (Wildman–Crippen MR) is 67.6 cm³/mol. The SMILES string of the molecule is O=C(O)CC1(c2ccc(Br)s2)CCCS1. The molecule has 2 heterocycles. The summed E-state index contributed by atoms with van der Waals surface area (Å²) in [5.74, 6) is 0.372. The Kier molecular flexibility index (Phi) is 3.42. The van der Waals surface area contributed by atoms with Gasteiger partial charge in [0.25, 0.3) is 0 Å². The van der Waals surface area contributed by atoms with Crippen LogP contribution < -0.4 is 0 Å². The average molecular weight is 307 g/mol. The first-order valence-corrected chi connectivity index (χ1v) is 7.33. The zero-order chi connectivity index (χ0) is 10.9. The summed E-state index contributed by atoms with van der Waals surface area (Å²) in [6.07, 6.45) is 2.34. The summed E-state index contributed by atoms with van der Waals surface area (Å²) >= 11 is 6.88. The lowest BCUT2D eigenvalue weighted by molar-refractivity contribution is -0.137. The van der Waals surface area contributed by atoms with Gasteiger partial charge >= 0.3 is 5.97 Å². The van der Waals surface area contributed by atoms with Gasteiger partial charge in [0.15, 0.2) is 0 Å². The maximum absolute atomic E-state index is 10.9. The van der Waals surface area contributed by atoms with Gasteiger partial charge in [-0.1, -0.05) is 0 Å². The van der Waals surface area contributed by atoms with Crippen molar-refractivity contribution in [2.75, 3.05) is 5.75 Å². The Labute approximate surface area is 105 Å². The molecule has 1 atom stereocenters. The van der Waals surface area contributed by atoms with E-state index in [1.165, 1.54) is 4.88 Å². The van der Waals surface area contributed by atoms with Crippen molar-refractivity contribution in [3.8, 4) is 0 Å². The molecule has 0 radical (unpaired) electrons. The van der Waals surface area contributed by atoms with Crippen LogP contribution in [0.2, 0.25) is 0 Å². The average Bonchev–Trinajstić information content (AvgIpc) is 2.73. The number of aliphatic carboxylic acids is 1. The molecule has 0 aliphatic carbocycles. The van der Waals surface area contributed by atoms with Crippen LogP contribution in [0.15, 0.2) is 15.9 Å². The second kappa shape index (κ2) is 4.47. The Morgan fingerprint density at radius 3 is 2.87 bits per heavy atom. The van der Waals surface area contributed by atoms with E-state index in [9.17, 15) is 4.79 Å². The van der Waals surface area contributed by atoms with E-state index < -0.39 is 5.97 Å². The molecule has 1 aromatic heterocycles. The molecule has 1 aromatic rings. The van der Waals surface area contributed by atoms with Crippen LogP contribution in [0.25, 0.3) is 0 Å². The third-order valence-electron chi connectivity index (χ3n) is 2.56. The highest BCUT2D eigenvalue weighted by Gasteiger charge is 2.39. The summed E-state index contributed by atoms with van der Waals surface area (Å²) in [6.45, 7) is 0. The molecule has 0 amide bonds. The van der Waals surface area contributed by atoms with Gasteiger partial charge in [0.05, 0.1) is 15.0 Å². The van der Waals surface area contributed by atoms with Gasteiger partial charge in [-0.05, 0) is 46.7 Å². The van der Waals surface area contributed by atoms with E-state index in [0.29, 0.717) is 0 Å². The fourth-order valence-electron chi connectivity index (χ4n) is 1.92. The number of halogens is 1. The summed E-state index contributed by atoms with van der Waals surface area (Å²) in [4.78, 5) is 12.1. The smallest absolute Gasteiger partial charge is 0.305 e. The Morgan fingerprint density at radius 2 is 2.40 bits per heavy atom. The van der Waals surface area contributed by atoms with Crippen LogP contribution >= 0.6 is 39.0 Å². The van der Waals surface area contributed by atoms with Gasteiger partial charge in [-0.2, -0.15) is 0 Å². The number of carboxylic acids is 1. The fraction of sp³-hybridized carbons (Fsp3) is 0.500. The maximum Gasteiger partial charge on any atom is 0.305 e. The van der Waals surface area contributed by atoms with Crippen molar-refractivity contribution in [1.82, 2.24) is 0 Å². The highest BCUT2D eigenvalue weighted by molar-refractivity contribution is 9.11. The standard InChI is InChI=1S/C10H11BrO2S2/c11-8-3-2-7(15-8)10(6-9(12)13)4-1-5-14-10/h2-3H,1,4-6H2,(H,12,13). The number of rotatable bonds is 3. The number of carbonyl (C=O) groups is 1. The summed E-state index contributed by atoms with van der Waals surface area (Å²) in [6, 6.07) is 4.05. The third-order valence-corrected chi connectivity index (χ3v) is 6.13. The molecule has 0 spiro atoms. The Morgan fingerprint density at radius 1 is 1.60 bits per heavy atom. The number of thioether (sulfide) groups is 1. The monoisotopic (exact) mass is 306 g/mol. The fourth-order valence-corrected chi connectivity index (χ4v) is 5.13. The van der Waals surface area contributed by atoms with Gasteiger partial charge in [0.2, 0.25) is 0 Å². The summed E-state index contributed by atoms with van der Waals surface area (Å²) in [7, 11) is 0. The first-order chi connectivity index (χ1) is 7.12. The summed E-state index contributed by atoms with van der Waals surface area (Å²) < 4.78 is 0.914. The predicted octanol–water partition coefficient (Wildman–Crippen LogP) is 3.71. The van der Waals surface area contributed by atoms with Crippen LogP contribution in [-0.2, 0) is 9.54 Å². The Bertz CT molecular complexity index is 369. The lowest BCUT2D eigenvalue weighted by Crippen LogP contribution is -2.21. The van der Waals surface area contributed by atoms with Crippen molar-refractivity contribution in [1.29, 1.82) is 0 Å². The van der Waals surface area contributed by atoms with Crippen LogP contribution in [0.3, 0.4) is 0 Å². The minimum atomic E-state index is -0.700. The summed E-state index contributed by atoms with van der Waals surface area (Å²) in [5, 5.41) is 8.99. The minimum absolute atomic E-state index is 0.164. The molecule has 2 nitrogen and oxygen atoms in total. The molecule has 0 saturated carbocycles. The molecule has 82 valence electrons. The van der Waals surface area contributed by atoms with E-state index in [2.05, 4.69) is 22.0 Å². The van der Waals surface area contributed by atoms with Gasteiger partial charge in [0.1, 0.15) is 0 Å². The van der Waals surface area contributed by atoms with Crippen LogP contribution in [0.1, 0.15) is 24.1 Å². The van der Waals surface area contributed by atoms with E-state index in [4.69, 9.17) is 5.11 Å². The van der Waals surface area contributed by atoms with Crippen molar-refractivity contribution in [2.45, 2.75) is 24.0 Å². The lowest BCUT2D eigenvalue weighted by Gasteiger charge is -2.24. The van der Waals surface area contributed by atoms with E-state index >= 15 is 0 Å². The number of carboxylic acid groups (broad SMARTS) is 1. The van der Waals surface area contributed by atoms with Crippen molar-refractivity contribution < 1.29 is 9.90 Å². The first-order valence-electron chi connectivity index (χ1n) is 4.74. The normalized spacial score (nSPS) is 25.7. The van der Waals surface area contributed by atoms with Gasteiger partial charge in [-0.25, -0.2) is 0 Å². The third kappa shape index (κ3) is 2.40. The number of hydrogen-bond donors (Lipinski definition) is 1. The quantitative estimate of drug-likeness (QED) is 0.925. The molecule has 1 aliphatic rings. The van der Waals surface area contributed by atoms with E-state index in [0.717, 1.165) is 22.4 Å². The Balaban J connectivity index is 2.29. The largest absolute Gasteiger partial charge is 0.481 e. The van der Waals surface area contributed by atoms with Gasteiger partial charge in [-0.15, -0.1) is 23.1 Å². The number of thiophene rings is 1. The number of hydrogen-bond acceptors (Lipinski definition) is 3. The second-order valence-corrected chi connectivity index (χ2v) is 7.56. The van der Waals surface area contributed by atoms with E-state index in [1.807, 2.05) is 6.07 Å². The molecule has 2 rings (SSSR count). The molecule has 0 bridgehead atoms. The first kappa shape index (κ1) is 11.5. The van der Waals surface area contributed by atoms with Crippen molar-refractivity contribution >= 4 is 45.0 Å². The molecule has 1 unspecified atom stereocenters. The van der Waals surface area contributed by atoms with Crippen LogP contribution in [-0.4, -0.2) is 16.8 Å². The molecule has 5 heteroatoms. The van der Waals surface area contributed by atoms with Gasteiger partial charge in [0, 0.05) is 4.88 Å². The van der Waals surface area contributed by atoms with Gasteiger partial charge in [-0.3, -0.25) is 4.79 Å². The molecule has 1 aliphatic heterocycles. The zero-order valence-corrected chi connectivity index (χ0v) is 11.3. The minimum Gasteiger partial charge on any atom is -0.481 e. The molecular formula is C10H11BrO2S2. The van der Waals surface area contributed by atoms with Crippen molar-refractivity contribution in [2.24, 2.45) is 0 Å². The van der Waals surface area contributed by atoms with Crippen LogP contribution in [0.5, 0.6) is 0 Å². The molecule has 15 heavy (non-hydrogen) atoms. The van der Waals surface area contributed by atoms with Crippen LogP contribution in [0, 0.1) is 0 Å². The molecule has 1 fully saturated rings. The summed E-state index contributed by atoms with van der Waals surface area (Å²) in [5.41, 5.74) is 0. The van der Waals surface area contributed by atoms with Crippen molar-refractivity contribution in [3.05, 3.63) is 20.8 Å². The Hall–Kier alpha value is -0.000000000000000111. The maximum atomic E-state index is 10.9. The second-order valence-electron chi connectivity index (χ2n) is 3.62. The molecule has 1 saturated heterocycles. The van der Waals surface area contributed by atoms with E-state index in [-0.39, 0.29) is 11.2 Å². The highest BCUT2D eigenvalue weighted by Crippen LogP contribution is 2.51. The molecule has 1 N–H and O–H groups in total. The van der Waals surface area contributed by atoms with Crippen LogP contribution in [0.4, 0.5) is 0 Å².